The molecule has 0 saturated carbocycles. The number of benzene rings is 2. The lowest BCUT2D eigenvalue weighted by Gasteiger charge is -2.21. The molecule has 1 aliphatic rings. The molecule has 9 nitrogen and oxygen atoms in total. The number of para-hydroxylation sites is 2. The summed E-state index contributed by atoms with van der Waals surface area (Å²) in [6.45, 7) is 0. The molecule has 0 saturated heterocycles. The van der Waals surface area contributed by atoms with Crippen LogP contribution in [0.1, 0.15) is 27.3 Å². The van der Waals surface area contributed by atoms with Gasteiger partial charge in [-0.1, -0.05) is 24.3 Å². The van der Waals surface area contributed by atoms with Crippen LogP contribution in [0.2, 0.25) is 0 Å². The summed E-state index contributed by atoms with van der Waals surface area (Å²) in [5.41, 5.74) is 0.409. The summed E-state index contributed by atoms with van der Waals surface area (Å²) in [5, 5.41) is 24.7. The molecule has 9 heteroatoms. The zero-order valence-corrected chi connectivity index (χ0v) is 15.8. The molecule has 0 radical (unpaired) electrons. The second-order valence-electron chi connectivity index (χ2n) is 5.84. The van der Waals surface area contributed by atoms with Crippen molar-refractivity contribution in [2.24, 2.45) is 0 Å². The summed E-state index contributed by atoms with van der Waals surface area (Å²) in [7, 11) is 1.00. The predicted octanol–water partition coefficient (Wildman–Crippen LogP) is 2.20. The van der Waals surface area contributed by atoms with Gasteiger partial charge < -0.3 is 24.5 Å². The van der Waals surface area contributed by atoms with E-state index >= 15 is 0 Å². The van der Waals surface area contributed by atoms with Crippen LogP contribution in [0.25, 0.3) is 11.0 Å². The lowest BCUT2D eigenvalue weighted by molar-refractivity contribution is -0.145. The number of carboxylic acid groups (broad SMARTS) is 2. The van der Waals surface area contributed by atoms with E-state index in [1.54, 1.807) is 48.5 Å². The molecule has 3 N–H and O–H groups in total. The van der Waals surface area contributed by atoms with Crippen molar-refractivity contribution >= 4 is 28.7 Å². The van der Waals surface area contributed by atoms with Gasteiger partial charge in [0.15, 0.2) is 11.2 Å². The number of aliphatic hydroxyl groups excluding tert-OH is 1. The lowest BCUT2D eigenvalue weighted by Crippen LogP contribution is -2.33. The Labute approximate surface area is 169 Å². The number of Topliss-reactive ketones (excluding diaryl/α,β-unsaturated/α-hetero) is 1. The zero-order valence-electron chi connectivity index (χ0n) is 15.8. The molecular weight excluding hydrogens is 396 g/mol. The van der Waals surface area contributed by atoms with Crippen molar-refractivity contribution in [3.63, 3.8) is 0 Å². The molecule has 0 bridgehead atoms. The first-order valence-corrected chi connectivity index (χ1v) is 8.59. The third-order valence-corrected chi connectivity index (χ3v) is 3.95. The maximum Gasteiger partial charge on any atom is 0.371 e. The maximum absolute atomic E-state index is 11.5. The van der Waals surface area contributed by atoms with Crippen molar-refractivity contribution in [3.05, 3.63) is 76.1 Å². The Hall–Kier alpha value is -3.98. The predicted molar refractivity (Wildman–Crippen MR) is 105 cm³/mol. The average molecular weight is 414 g/mol. The number of carboxylic acids is 2. The normalized spacial score (nSPS) is 14.2. The molecule has 0 aliphatic carbocycles. The third-order valence-electron chi connectivity index (χ3n) is 3.95. The summed E-state index contributed by atoms with van der Waals surface area (Å²) in [5.74, 6) is -2.51. The van der Waals surface area contributed by atoms with Gasteiger partial charge >= 0.3 is 11.9 Å². The minimum atomic E-state index is -1.24. The van der Waals surface area contributed by atoms with Gasteiger partial charge in [-0.3, -0.25) is 9.59 Å². The number of fused-ring (bicyclic) bond motifs is 2. The van der Waals surface area contributed by atoms with Crippen LogP contribution < -0.4 is 10.2 Å². The molecule has 1 atom stereocenters. The minimum Gasteiger partial charge on any atom is -0.478 e. The van der Waals surface area contributed by atoms with Crippen LogP contribution in [0.4, 0.5) is 0 Å². The number of aromatic carboxylic acids is 1. The summed E-state index contributed by atoms with van der Waals surface area (Å²) >= 11 is 0. The van der Waals surface area contributed by atoms with Crippen LogP contribution in [0.15, 0.2) is 63.8 Å². The molecule has 1 aromatic heterocycles. The monoisotopic (exact) mass is 414 g/mol. The summed E-state index contributed by atoms with van der Waals surface area (Å²) in [6, 6.07) is 14.2. The number of ketones is 1. The van der Waals surface area contributed by atoms with Gasteiger partial charge in [0.1, 0.15) is 11.3 Å². The van der Waals surface area contributed by atoms with E-state index in [4.69, 9.17) is 24.5 Å². The highest BCUT2D eigenvalue weighted by Gasteiger charge is 2.30. The second-order valence-corrected chi connectivity index (χ2v) is 5.84. The molecule has 4 rings (SSSR count). The van der Waals surface area contributed by atoms with Gasteiger partial charge in [-0.05, 0) is 24.3 Å². The molecule has 2 heterocycles. The van der Waals surface area contributed by atoms with Crippen LogP contribution in [0.3, 0.4) is 0 Å². The first-order valence-electron chi connectivity index (χ1n) is 8.59. The Kier molecular flexibility index (Phi) is 7.43. The molecule has 3 aromatic rings. The molecule has 2 aromatic carbocycles. The molecule has 0 spiro atoms. The fraction of sp³-hybridized carbons (Fsp3) is 0.143. The van der Waals surface area contributed by atoms with Gasteiger partial charge in [-0.2, -0.15) is 0 Å². The van der Waals surface area contributed by atoms with Crippen LogP contribution in [-0.4, -0.2) is 46.3 Å². The van der Waals surface area contributed by atoms with Crippen molar-refractivity contribution < 1.29 is 38.9 Å². The van der Waals surface area contributed by atoms with Gasteiger partial charge in [-0.25, -0.2) is 9.59 Å². The van der Waals surface area contributed by atoms with Gasteiger partial charge in [0, 0.05) is 13.2 Å². The molecule has 1 unspecified atom stereocenters. The summed E-state index contributed by atoms with van der Waals surface area (Å²) in [4.78, 5) is 44.0. The van der Waals surface area contributed by atoms with Crippen LogP contribution in [-0.2, 0) is 4.79 Å². The van der Waals surface area contributed by atoms with E-state index in [0.717, 1.165) is 13.2 Å². The second kappa shape index (κ2) is 9.99. The fourth-order valence-corrected chi connectivity index (χ4v) is 2.62. The van der Waals surface area contributed by atoms with E-state index in [0.29, 0.717) is 16.7 Å². The number of aliphatic hydroxyl groups is 1. The number of hydrogen-bond acceptors (Lipinski definition) is 7. The third kappa shape index (κ3) is 5.09. The summed E-state index contributed by atoms with van der Waals surface area (Å²) < 4.78 is 10.1. The van der Waals surface area contributed by atoms with Crippen molar-refractivity contribution in [2.45, 2.75) is 12.5 Å². The molecule has 0 amide bonds. The number of carbonyl (C=O) groups is 3. The Morgan fingerprint density at radius 3 is 2.27 bits per heavy atom. The first kappa shape index (κ1) is 22.3. The van der Waals surface area contributed by atoms with E-state index in [-0.39, 0.29) is 29.0 Å². The smallest absolute Gasteiger partial charge is 0.371 e. The quantitative estimate of drug-likeness (QED) is 0.573. The Morgan fingerprint density at radius 1 is 0.967 bits per heavy atom. The lowest BCUT2D eigenvalue weighted by atomic mass is 10.0. The fourth-order valence-electron chi connectivity index (χ4n) is 2.62. The van der Waals surface area contributed by atoms with Crippen LogP contribution in [0, 0.1) is 0 Å². The molecular formula is C21H18O9. The van der Waals surface area contributed by atoms with Gasteiger partial charge in [0.25, 0.3) is 0 Å². The Bertz CT molecular complexity index is 1130. The van der Waals surface area contributed by atoms with E-state index in [1.165, 1.54) is 0 Å². The maximum atomic E-state index is 11.5. The molecule has 0 fully saturated rings. The number of hydrogen-bond donors (Lipinski definition) is 3. The van der Waals surface area contributed by atoms with E-state index in [2.05, 4.69) is 0 Å². The minimum absolute atomic E-state index is 0.0909. The largest absolute Gasteiger partial charge is 0.478 e. The molecule has 1 aliphatic heterocycles. The van der Waals surface area contributed by atoms with Crippen molar-refractivity contribution in [1.29, 1.82) is 0 Å². The van der Waals surface area contributed by atoms with E-state index < -0.39 is 18.0 Å². The molecule has 156 valence electrons. The van der Waals surface area contributed by atoms with Gasteiger partial charge in [0.2, 0.25) is 11.9 Å². The van der Waals surface area contributed by atoms with E-state index in [1.807, 2.05) is 0 Å². The highest BCUT2D eigenvalue weighted by Crippen LogP contribution is 2.26. The Balaban J connectivity index is 0.000000197. The Morgan fingerprint density at radius 2 is 1.60 bits per heavy atom. The SMILES string of the molecule is CO.O=C(O)c1cc(=O)c2ccccc2o1.O=C1CC(C(=O)O)Oc2ccccc21. The average Bonchev–Trinajstić information content (AvgIpc) is 2.75. The van der Waals surface area contributed by atoms with E-state index in [9.17, 15) is 19.2 Å². The molecule has 30 heavy (non-hydrogen) atoms. The number of aliphatic carboxylic acids is 1. The highest BCUT2D eigenvalue weighted by atomic mass is 16.5. The highest BCUT2D eigenvalue weighted by molar-refractivity contribution is 6.02. The van der Waals surface area contributed by atoms with Crippen molar-refractivity contribution in [3.8, 4) is 5.75 Å². The zero-order chi connectivity index (χ0) is 22.3. The van der Waals surface area contributed by atoms with Crippen molar-refractivity contribution in [1.82, 2.24) is 0 Å². The number of rotatable bonds is 2. The summed E-state index contributed by atoms with van der Waals surface area (Å²) in [6.07, 6.45) is -1.14. The topological polar surface area (TPSA) is 151 Å². The number of carbonyl (C=O) groups excluding carboxylic acids is 1. The standard InChI is InChI=1S/C10H8O4.C10H6O4.CH4O/c2*11-7-5-9(10(12)13)14-8-4-2-1-3-6(7)8;1-2/h1-4,9H,5H2,(H,12,13);1-5H,(H,12,13);2H,1H3. The van der Waals surface area contributed by atoms with Crippen LogP contribution in [0.5, 0.6) is 5.75 Å². The van der Waals surface area contributed by atoms with Gasteiger partial charge in [-0.15, -0.1) is 0 Å². The first-order chi connectivity index (χ1) is 14.4. The number of ether oxygens (including phenoxy) is 1. The van der Waals surface area contributed by atoms with Crippen molar-refractivity contribution in [2.75, 3.05) is 7.11 Å². The van der Waals surface area contributed by atoms with Crippen LogP contribution >= 0.6 is 0 Å². The van der Waals surface area contributed by atoms with Gasteiger partial charge in [0.05, 0.1) is 17.4 Å².